The average molecular weight is 379 g/mol. The molecule has 1 aromatic rings. The van der Waals surface area contributed by atoms with E-state index in [0.717, 1.165) is 0 Å². The molecule has 0 fully saturated rings. The molecule has 1 amide bonds. The summed E-state index contributed by atoms with van der Waals surface area (Å²) >= 11 is 0. The summed E-state index contributed by atoms with van der Waals surface area (Å²) in [6.07, 6.45) is 0. The highest BCUT2D eigenvalue weighted by Gasteiger charge is 2.51. The Kier molecular flexibility index (Phi) is 5.67. The Balaban J connectivity index is 2.47. The van der Waals surface area contributed by atoms with Gasteiger partial charge in [-0.15, -0.1) is 0 Å². The Morgan fingerprint density at radius 2 is 1.93 bits per heavy atom. The molecule has 2 N–H and O–H groups in total. The summed E-state index contributed by atoms with van der Waals surface area (Å²) in [5.41, 5.74) is -1.65. The fourth-order valence-electron chi connectivity index (χ4n) is 3.00. The SMILES string of the molecule is CC(C)COc1ccc2c(c1F)C(C)(C)C(=O)C(C(=O)NCC(=O)O)C2=O. The second-order valence-electron chi connectivity index (χ2n) is 7.40. The highest BCUT2D eigenvalue weighted by Crippen LogP contribution is 2.41. The van der Waals surface area contributed by atoms with Crippen LogP contribution >= 0.6 is 0 Å². The maximum absolute atomic E-state index is 15.0. The Hall–Kier alpha value is -2.77. The van der Waals surface area contributed by atoms with Gasteiger partial charge in [0.25, 0.3) is 0 Å². The molecule has 1 atom stereocenters. The zero-order valence-corrected chi connectivity index (χ0v) is 15.6. The Bertz CT molecular complexity index is 815. The van der Waals surface area contributed by atoms with Crippen molar-refractivity contribution in [1.29, 1.82) is 0 Å². The van der Waals surface area contributed by atoms with Crippen molar-refractivity contribution in [3.63, 3.8) is 0 Å². The van der Waals surface area contributed by atoms with Crippen molar-refractivity contribution >= 4 is 23.4 Å². The summed E-state index contributed by atoms with van der Waals surface area (Å²) in [4.78, 5) is 48.3. The highest BCUT2D eigenvalue weighted by molar-refractivity contribution is 6.29. The molecule has 0 aromatic heterocycles. The van der Waals surface area contributed by atoms with Crippen molar-refractivity contribution in [1.82, 2.24) is 5.32 Å². The van der Waals surface area contributed by atoms with Crippen LogP contribution in [0.4, 0.5) is 4.39 Å². The molecule has 2 rings (SSSR count). The highest BCUT2D eigenvalue weighted by atomic mass is 19.1. The van der Waals surface area contributed by atoms with Gasteiger partial charge in [-0.1, -0.05) is 13.8 Å². The maximum atomic E-state index is 15.0. The van der Waals surface area contributed by atoms with Crippen molar-refractivity contribution in [2.24, 2.45) is 11.8 Å². The van der Waals surface area contributed by atoms with E-state index in [0.29, 0.717) is 0 Å². The topological polar surface area (TPSA) is 110 Å². The summed E-state index contributed by atoms with van der Waals surface area (Å²) < 4.78 is 20.4. The van der Waals surface area contributed by atoms with Crippen LogP contribution in [0.1, 0.15) is 43.6 Å². The van der Waals surface area contributed by atoms with Gasteiger partial charge in [-0.2, -0.15) is 0 Å². The number of rotatable bonds is 6. The van der Waals surface area contributed by atoms with Crippen molar-refractivity contribution in [3.8, 4) is 5.75 Å². The van der Waals surface area contributed by atoms with Gasteiger partial charge in [-0.25, -0.2) is 4.39 Å². The largest absolute Gasteiger partial charge is 0.490 e. The smallest absolute Gasteiger partial charge is 0.322 e. The number of Topliss-reactive ketones (excluding diaryl/α,β-unsaturated/α-hetero) is 2. The molecule has 1 aliphatic carbocycles. The van der Waals surface area contributed by atoms with Crippen molar-refractivity contribution < 1.29 is 33.4 Å². The number of carboxylic acid groups (broad SMARTS) is 1. The Morgan fingerprint density at radius 1 is 1.30 bits per heavy atom. The van der Waals surface area contributed by atoms with E-state index in [9.17, 15) is 19.2 Å². The van der Waals surface area contributed by atoms with Gasteiger partial charge in [0.05, 0.1) is 12.0 Å². The van der Waals surface area contributed by atoms with Gasteiger partial charge < -0.3 is 15.2 Å². The third-order valence-corrected chi connectivity index (χ3v) is 4.39. The van der Waals surface area contributed by atoms with Gasteiger partial charge in [0.2, 0.25) is 5.91 Å². The summed E-state index contributed by atoms with van der Waals surface area (Å²) in [6, 6.07) is 2.63. The molecule has 7 nitrogen and oxygen atoms in total. The molecule has 1 unspecified atom stereocenters. The zero-order chi connectivity index (χ0) is 20.5. The predicted molar refractivity (Wildman–Crippen MR) is 93.2 cm³/mol. The van der Waals surface area contributed by atoms with Gasteiger partial charge in [0, 0.05) is 11.1 Å². The molecule has 0 bridgehead atoms. The lowest BCUT2D eigenvalue weighted by Crippen LogP contribution is -2.52. The second kappa shape index (κ2) is 7.46. The lowest BCUT2D eigenvalue weighted by molar-refractivity contribution is -0.140. The number of aliphatic carboxylic acids is 1. The fourth-order valence-corrected chi connectivity index (χ4v) is 3.00. The number of carbonyl (C=O) groups excluding carboxylic acids is 3. The van der Waals surface area contributed by atoms with Crippen LogP contribution in [0.15, 0.2) is 12.1 Å². The molecule has 0 heterocycles. The number of hydrogen-bond acceptors (Lipinski definition) is 5. The van der Waals surface area contributed by atoms with E-state index in [1.165, 1.54) is 26.0 Å². The normalized spacial score (nSPS) is 18.2. The van der Waals surface area contributed by atoms with Gasteiger partial charge in [0.15, 0.2) is 29.1 Å². The minimum atomic E-state index is -1.71. The number of carboxylic acids is 1. The zero-order valence-electron chi connectivity index (χ0n) is 15.6. The van der Waals surface area contributed by atoms with E-state index in [1.54, 1.807) is 0 Å². The number of ketones is 2. The maximum Gasteiger partial charge on any atom is 0.322 e. The standard InChI is InChI=1S/C19H22FNO6/c1-9(2)8-27-11-6-5-10-14(15(11)20)19(3,4)17(25)13(16(10)24)18(26)21-7-12(22)23/h5-6,9,13H,7-8H2,1-4H3,(H,21,26)(H,22,23). The molecule has 0 saturated heterocycles. The molecule has 0 spiro atoms. The predicted octanol–water partition coefficient (Wildman–Crippen LogP) is 1.72. The summed E-state index contributed by atoms with van der Waals surface area (Å²) in [5, 5.41) is 10.7. The van der Waals surface area contributed by atoms with Gasteiger partial charge in [-0.05, 0) is 31.9 Å². The number of hydrogen-bond donors (Lipinski definition) is 2. The monoisotopic (exact) mass is 379 g/mol. The van der Waals surface area contributed by atoms with Crippen LogP contribution in [0, 0.1) is 17.7 Å². The number of ether oxygens (including phenoxy) is 1. The summed E-state index contributed by atoms with van der Waals surface area (Å²) in [5.74, 6) is -6.39. The Morgan fingerprint density at radius 3 is 2.48 bits per heavy atom. The average Bonchev–Trinajstić information content (AvgIpc) is 2.57. The van der Waals surface area contributed by atoms with Crippen LogP contribution < -0.4 is 10.1 Å². The first-order chi connectivity index (χ1) is 12.5. The molecular weight excluding hydrogens is 357 g/mol. The van der Waals surface area contributed by atoms with E-state index in [4.69, 9.17) is 9.84 Å². The third-order valence-electron chi connectivity index (χ3n) is 4.39. The molecule has 0 radical (unpaired) electrons. The summed E-state index contributed by atoms with van der Waals surface area (Å²) in [7, 11) is 0. The minimum Gasteiger partial charge on any atom is -0.490 e. The number of nitrogens with one attached hydrogen (secondary N) is 1. The van der Waals surface area contributed by atoms with Gasteiger partial charge >= 0.3 is 5.97 Å². The minimum absolute atomic E-state index is 0.0649. The van der Waals surface area contributed by atoms with E-state index in [2.05, 4.69) is 0 Å². The van der Waals surface area contributed by atoms with Crippen LogP contribution in [0.3, 0.4) is 0 Å². The van der Waals surface area contributed by atoms with Crippen LogP contribution in [-0.4, -0.2) is 41.7 Å². The quantitative estimate of drug-likeness (QED) is 0.729. The van der Waals surface area contributed by atoms with Crippen LogP contribution in [0.2, 0.25) is 0 Å². The molecule has 27 heavy (non-hydrogen) atoms. The molecular formula is C19H22FNO6. The van der Waals surface area contributed by atoms with Crippen LogP contribution in [0.25, 0.3) is 0 Å². The van der Waals surface area contributed by atoms with E-state index in [1.807, 2.05) is 19.2 Å². The van der Waals surface area contributed by atoms with E-state index < -0.39 is 47.1 Å². The van der Waals surface area contributed by atoms with Gasteiger partial charge in [-0.3, -0.25) is 19.2 Å². The number of benzene rings is 1. The van der Waals surface area contributed by atoms with Crippen molar-refractivity contribution in [2.75, 3.05) is 13.2 Å². The van der Waals surface area contributed by atoms with Crippen LogP contribution in [0.5, 0.6) is 5.75 Å². The lowest BCUT2D eigenvalue weighted by Gasteiger charge is -2.34. The van der Waals surface area contributed by atoms with Gasteiger partial charge in [0.1, 0.15) is 6.54 Å². The first-order valence-corrected chi connectivity index (χ1v) is 8.52. The van der Waals surface area contributed by atoms with Crippen LogP contribution in [-0.2, 0) is 19.8 Å². The lowest BCUT2D eigenvalue weighted by atomic mass is 9.66. The van der Waals surface area contributed by atoms with Crippen molar-refractivity contribution in [3.05, 3.63) is 29.1 Å². The number of amides is 1. The third kappa shape index (κ3) is 3.84. The number of fused-ring (bicyclic) bond motifs is 1. The first-order valence-electron chi connectivity index (χ1n) is 8.52. The fraction of sp³-hybridized carbons (Fsp3) is 0.474. The summed E-state index contributed by atoms with van der Waals surface area (Å²) in [6.45, 7) is 6.18. The molecule has 8 heteroatoms. The molecule has 1 aliphatic rings. The van der Waals surface area contributed by atoms with E-state index in [-0.39, 0.29) is 29.4 Å². The number of carbonyl (C=O) groups is 4. The van der Waals surface area contributed by atoms with E-state index >= 15 is 4.39 Å². The molecule has 1 aromatic carbocycles. The second-order valence-corrected chi connectivity index (χ2v) is 7.40. The molecule has 0 saturated carbocycles. The Labute approximate surface area is 155 Å². The molecule has 146 valence electrons. The van der Waals surface area contributed by atoms with Crippen molar-refractivity contribution in [2.45, 2.75) is 33.1 Å². The molecule has 0 aliphatic heterocycles. The first kappa shape index (κ1) is 20.5. The number of halogens is 1.